The summed E-state index contributed by atoms with van der Waals surface area (Å²) in [6, 6.07) is 8.42. The topological polar surface area (TPSA) is 44.8 Å². The van der Waals surface area contributed by atoms with Gasteiger partial charge in [0.05, 0.1) is 6.61 Å². The van der Waals surface area contributed by atoms with Crippen molar-refractivity contribution in [2.24, 2.45) is 5.92 Å². The predicted molar refractivity (Wildman–Crippen MR) is 99.8 cm³/mol. The third-order valence-corrected chi connectivity index (χ3v) is 4.64. The van der Waals surface area contributed by atoms with Crippen molar-refractivity contribution < 1.29 is 9.53 Å². The van der Waals surface area contributed by atoms with Gasteiger partial charge in [-0.2, -0.15) is 0 Å². The van der Waals surface area contributed by atoms with E-state index >= 15 is 0 Å². The number of piperidine rings is 1. The van der Waals surface area contributed by atoms with E-state index in [9.17, 15) is 4.79 Å². The SMILES string of the molecule is CCOCC1CCCN(C(=O)Nc2cccc(N(C)C(C)C)c2)C1. The summed E-state index contributed by atoms with van der Waals surface area (Å²) in [4.78, 5) is 16.7. The normalized spacial score (nSPS) is 17.9. The molecule has 1 saturated heterocycles. The smallest absolute Gasteiger partial charge is 0.321 e. The molecule has 0 radical (unpaired) electrons. The highest BCUT2D eigenvalue weighted by Gasteiger charge is 2.23. The van der Waals surface area contributed by atoms with Crippen molar-refractivity contribution in [3.8, 4) is 0 Å². The lowest BCUT2D eigenvalue weighted by Gasteiger charge is -2.32. The van der Waals surface area contributed by atoms with Gasteiger partial charge in [-0.1, -0.05) is 6.07 Å². The summed E-state index contributed by atoms with van der Waals surface area (Å²) < 4.78 is 5.52. The van der Waals surface area contributed by atoms with Crippen molar-refractivity contribution in [3.05, 3.63) is 24.3 Å². The number of carbonyl (C=O) groups excluding carboxylic acids is 1. The van der Waals surface area contributed by atoms with Crippen LogP contribution in [0.4, 0.5) is 16.2 Å². The average molecular weight is 333 g/mol. The molecule has 0 saturated carbocycles. The zero-order valence-electron chi connectivity index (χ0n) is 15.4. The van der Waals surface area contributed by atoms with Gasteiger partial charge < -0.3 is 19.9 Å². The molecule has 1 heterocycles. The standard InChI is InChI=1S/C19H31N3O2/c1-5-24-14-16-8-7-11-22(13-16)19(23)20-17-9-6-10-18(12-17)21(4)15(2)3/h6,9-10,12,15-16H,5,7-8,11,13-14H2,1-4H3,(H,20,23). The molecule has 1 fully saturated rings. The van der Waals surface area contributed by atoms with Crippen LogP contribution >= 0.6 is 0 Å². The lowest BCUT2D eigenvalue weighted by molar-refractivity contribution is 0.0777. The minimum atomic E-state index is -0.0134. The van der Waals surface area contributed by atoms with Crippen LogP contribution < -0.4 is 10.2 Å². The molecule has 2 rings (SSSR count). The molecule has 2 amide bonds. The van der Waals surface area contributed by atoms with Crippen LogP contribution in [0.25, 0.3) is 0 Å². The van der Waals surface area contributed by atoms with Crippen molar-refractivity contribution >= 4 is 17.4 Å². The Labute approximate surface area is 146 Å². The van der Waals surface area contributed by atoms with Crippen LogP contribution in [0.1, 0.15) is 33.6 Å². The van der Waals surface area contributed by atoms with Gasteiger partial charge in [-0.25, -0.2) is 4.79 Å². The molecule has 0 bridgehead atoms. The number of urea groups is 1. The number of nitrogens with zero attached hydrogens (tertiary/aromatic N) is 2. The van der Waals surface area contributed by atoms with Crippen LogP contribution in [-0.4, -0.2) is 50.3 Å². The first-order valence-electron chi connectivity index (χ1n) is 8.97. The Balaban J connectivity index is 1.95. The highest BCUT2D eigenvalue weighted by atomic mass is 16.5. The van der Waals surface area contributed by atoms with Crippen molar-refractivity contribution in [2.45, 2.75) is 39.7 Å². The molecule has 134 valence electrons. The number of nitrogens with one attached hydrogen (secondary N) is 1. The molecule has 0 aromatic heterocycles. The maximum Gasteiger partial charge on any atom is 0.321 e. The Kier molecular flexibility index (Phi) is 6.91. The van der Waals surface area contributed by atoms with Gasteiger partial charge in [0, 0.05) is 50.1 Å². The summed E-state index contributed by atoms with van der Waals surface area (Å²) in [5, 5.41) is 3.04. The van der Waals surface area contributed by atoms with Gasteiger partial charge in [-0.3, -0.25) is 0 Å². The molecular formula is C19H31N3O2. The third kappa shape index (κ3) is 5.13. The molecule has 1 N–H and O–H groups in total. The van der Waals surface area contributed by atoms with E-state index in [0.29, 0.717) is 12.0 Å². The Morgan fingerprint density at radius 2 is 2.25 bits per heavy atom. The highest BCUT2D eigenvalue weighted by molar-refractivity contribution is 5.90. The van der Waals surface area contributed by atoms with E-state index in [1.54, 1.807) is 0 Å². The second kappa shape index (κ2) is 8.92. The van der Waals surface area contributed by atoms with Crippen molar-refractivity contribution in [3.63, 3.8) is 0 Å². The first-order valence-corrected chi connectivity index (χ1v) is 8.97. The van der Waals surface area contributed by atoms with Gasteiger partial charge in [0.15, 0.2) is 0 Å². The number of hydrogen-bond donors (Lipinski definition) is 1. The van der Waals surface area contributed by atoms with Crippen molar-refractivity contribution in [1.82, 2.24) is 4.90 Å². The fourth-order valence-electron chi connectivity index (χ4n) is 2.97. The maximum absolute atomic E-state index is 12.6. The largest absolute Gasteiger partial charge is 0.381 e. The van der Waals surface area contributed by atoms with Crippen LogP contribution in [0.2, 0.25) is 0 Å². The third-order valence-electron chi connectivity index (χ3n) is 4.64. The summed E-state index contributed by atoms with van der Waals surface area (Å²) in [5.41, 5.74) is 1.95. The summed E-state index contributed by atoms with van der Waals surface area (Å²) in [6.07, 6.45) is 2.18. The van der Waals surface area contributed by atoms with Crippen molar-refractivity contribution in [2.75, 3.05) is 43.6 Å². The molecular weight excluding hydrogens is 302 g/mol. The zero-order chi connectivity index (χ0) is 17.5. The number of benzene rings is 1. The van der Waals surface area contributed by atoms with Gasteiger partial charge >= 0.3 is 6.03 Å². The molecule has 5 nitrogen and oxygen atoms in total. The molecule has 0 aliphatic carbocycles. The van der Waals surface area contributed by atoms with E-state index in [1.807, 2.05) is 30.0 Å². The minimum absolute atomic E-state index is 0.0134. The average Bonchev–Trinajstić information content (AvgIpc) is 2.59. The minimum Gasteiger partial charge on any atom is -0.381 e. The van der Waals surface area contributed by atoms with Gasteiger partial charge in [-0.15, -0.1) is 0 Å². The second-order valence-electron chi connectivity index (χ2n) is 6.80. The van der Waals surface area contributed by atoms with E-state index in [0.717, 1.165) is 50.5 Å². The number of amides is 2. The fourth-order valence-corrected chi connectivity index (χ4v) is 2.97. The molecule has 1 unspecified atom stereocenters. The monoisotopic (exact) mass is 333 g/mol. The number of anilines is 2. The Hall–Kier alpha value is -1.75. The van der Waals surface area contributed by atoms with Crippen LogP contribution in [0.15, 0.2) is 24.3 Å². The lowest BCUT2D eigenvalue weighted by atomic mass is 9.99. The molecule has 0 spiro atoms. The lowest BCUT2D eigenvalue weighted by Crippen LogP contribution is -2.43. The second-order valence-corrected chi connectivity index (χ2v) is 6.80. The molecule has 1 aliphatic rings. The summed E-state index contributed by atoms with van der Waals surface area (Å²) >= 11 is 0. The number of ether oxygens (including phenoxy) is 1. The van der Waals surface area contributed by atoms with Gasteiger partial charge in [-0.05, 0) is 51.8 Å². The number of carbonyl (C=O) groups is 1. The molecule has 1 aromatic carbocycles. The Morgan fingerprint density at radius 1 is 1.46 bits per heavy atom. The Morgan fingerprint density at radius 3 is 2.96 bits per heavy atom. The predicted octanol–water partition coefficient (Wildman–Crippen LogP) is 3.81. The fraction of sp³-hybridized carbons (Fsp3) is 0.632. The number of rotatable bonds is 6. The zero-order valence-corrected chi connectivity index (χ0v) is 15.4. The van der Waals surface area contributed by atoms with Crippen LogP contribution in [0, 0.1) is 5.92 Å². The summed E-state index contributed by atoms with van der Waals surface area (Å²) in [6.45, 7) is 9.38. The molecule has 1 aliphatic heterocycles. The maximum atomic E-state index is 12.6. The Bertz CT molecular complexity index is 533. The molecule has 1 aromatic rings. The van der Waals surface area contributed by atoms with Crippen LogP contribution in [-0.2, 0) is 4.74 Å². The van der Waals surface area contributed by atoms with E-state index in [4.69, 9.17) is 4.74 Å². The van der Waals surface area contributed by atoms with Gasteiger partial charge in [0.1, 0.15) is 0 Å². The summed E-state index contributed by atoms with van der Waals surface area (Å²) in [5.74, 6) is 0.447. The van der Waals surface area contributed by atoms with Gasteiger partial charge in [0.2, 0.25) is 0 Å². The number of hydrogen-bond acceptors (Lipinski definition) is 3. The van der Waals surface area contributed by atoms with E-state index in [2.05, 4.69) is 37.2 Å². The number of likely N-dealkylation sites (tertiary alicyclic amines) is 1. The molecule has 5 heteroatoms. The van der Waals surface area contributed by atoms with Crippen LogP contribution in [0.5, 0.6) is 0 Å². The van der Waals surface area contributed by atoms with E-state index < -0.39 is 0 Å². The quantitative estimate of drug-likeness (QED) is 0.861. The molecule has 1 atom stereocenters. The van der Waals surface area contributed by atoms with Gasteiger partial charge in [0.25, 0.3) is 0 Å². The van der Waals surface area contributed by atoms with E-state index in [1.165, 1.54) is 0 Å². The highest BCUT2D eigenvalue weighted by Crippen LogP contribution is 2.22. The summed E-state index contributed by atoms with van der Waals surface area (Å²) in [7, 11) is 2.06. The first-order chi connectivity index (χ1) is 11.5. The van der Waals surface area contributed by atoms with E-state index in [-0.39, 0.29) is 6.03 Å². The first kappa shape index (κ1) is 18.6. The van der Waals surface area contributed by atoms with Crippen LogP contribution in [0.3, 0.4) is 0 Å². The molecule has 24 heavy (non-hydrogen) atoms. The van der Waals surface area contributed by atoms with Crippen molar-refractivity contribution in [1.29, 1.82) is 0 Å².